The Labute approximate surface area is 136 Å². The highest BCUT2D eigenvalue weighted by Gasteiger charge is 2.26. The second-order valence-electron chi connectivity index (χ2n) is 5.68. The average Bonchev–Trinajstić information content (AvgIpc) is 2.58. The number of carbonyl (C=O) groups excluding carboxylic acids is 1. The van der Waals surface area contributed by atoms with Gasteiger partial charge >= 0.3 is 0 Å². The monoisotopic (exact) mass is 318 g/mol. The molecule has 0 saturated carbocycles. The molecule has 1 aliphatic rings. The maximum atomic E-state index is 14.0. The second-order valence-corrected chi connectivity index (χ2v) is 5.68. The highest BCUT2D eigenvalue weighted by Crippen LogP contribution is 2.26. The zero-order chi connectivity index (χ0) is 16.7. The maximum Gasteiger partial charge on any atom is 0.223 e. The molecule has 1 fully saturated rings. The highest BCUT2D eigenvalue weighted by molar-refractivity contribution is 5.79. The number of likely N-dealkylation sites (N-methyl/N-ethyl adjacent to an activating group) is 1. The lowest BCUT2D eigenvalue weighted by Crippen LogP contribution is -2.42. The molecule has 2 N–H and O–H groups in total. The molecule has 0 bridgehead atoms. The number of nitriles is 1. The molecule has 0 radical (unpaired) electrons. The van der Waals surface area contributed by atoms with E-state index in [1.54, 1.807) is 12.1 Å². The van der Waals surface area contributed by atoms with Gasteiger partial charge in [-0.3, -0.25) is 4.79 Å². The van der Waals surface area contributed by atoms with Crippen LogP contribution in [0.25, 0.3) is 0 Å². The van der Waals surface area contributed by atoms with Crippen LogP contribution < -0.4 is 15.5 Å². The molecule has 1 saturated heterocycles. The van der Waals surface area contributed by atoms with E-state index in [9.17, 15) is 9.18 Å². The van der Waals surface area contributed by atoms with Crippen LogP contribution >= 0.6 is 0 Å². The van der Waals surface area contributed by atoms with Crippen LogP contribution in [0.2, 0.25) is 0 Å². The highest BCUT2D eigenvalue weighted by atomic mass is 19.1. The van der Waals surface area contributed by atoms with Crippen molar-refractivity contribution in [2.24, 2.45) is 5.92 Å². The quantitative estimate of drug-likeness (QED) is 0.783. The molecule has 1 heterocycles. The minimum absolute atomic E-state index is 0.00526. The van der Waals surface area contributed by atoms with Crippen molar-refractivity contribution in [3.63, 3.8) is 0 Å². The van der Waals surface area contributed by atoms with Crippen LogP contribution in [0.15, 0.2) is 18.2 Å². The normalized spacial score (nSPS) is 15.3. The van der Waals surface area contributed by atoms with Crippen molar-refractivity contribution in [2.75, 3.05) is 37.6 Å². The zero-order valence-corrected chi connectivity index (χ0v) is 13.4. The van der Waals surface area contributed by atoms with Crippen LogP contribution in [0.4, 0.5) is 10.1 Å². The van der Waals surface area contributed by atoms with Gasteiger partial charge in [0, 0.05) is 32.1 Å². The molecule has 0 spiro atoms. The Morgan fingerprint density at radius 1 is 1.39 bits per heavy atom. The molecule has 1 aromatic carbocycles. The number of hydrogen-bond acceptors (Lipinski definition) is 4. The van der Waals surface area contributed by atoms with Gasteiger partial charge in [-0.2, -0.15) is 5.26 Å². The van der Waals surface area contributed by atoms with Crippen LogP contribution in [0, 0.1) is 23.1 Å². The molecule has 0 aromatic heterocycles. The Balaban J connectivity index is 1.84. The fourth-order valence-corrected chi connectivity index (χ4v) is 2.81. The number of rotatable bonds is 6. The van der Waals surface area contributed by atoms with Crippen LogP contribution in [0.5, 0.6) is 0 Å². The number of halogens is 1. The number of benzene rings is 1. The molecule has 0 unspecified atom stereocenters. The summed E-state index contributed by atoms with van der Waals surface area (Å²) in [6.45, 7) is 5.63. The number of hydrogen-bond donors (Lipinski definition) is 2. The van der Waals surface area contributed by atoms with Gasteiger partial charge in [0.2, 0.25) is 5.91 Å². The smallest absolute Gasteiger partial charge is 0.223 e. The van der Waals surface area contributed by atoms with E-state index in [1.165, 1.54) is 6.07 Å². The molecular formula is C17H23FN4O. The summed E-state index contributed by atoms with van der Waals surface area (Å²) >= 11 is 0. The van der Waals surface area contributed by atoms with E-state index < -0.39 is 0 Å². The fraction of sp³-hybridized carbons (Fsp3) is 0.529. The largest absolute Gasteiger partial charge is 0.369 e. The Bertz CT molecular complexity index is 576. The summed E-state index contributed by atoms with van der Waals surface area (Å²) in [5, 5.41) is 14.9. The van der Waals surface area contributed by atoms with Crippen molar-refractivity contribution >= 4 is 11.6 Å². The number of nitrogens with one attached hydrogen (secondary N) is 2. The average molecular weight is 318 g/mol. The fourth-order valence-electron chi connectivity index (χ4n) is 2.81. The van der Waals surface area contributed by atoms with Crippen molar-refractivity contribution in [3.8, 4) is 6.07 Å². The molecule has 124 valence electrons. The number of anilines is 1. The minimum Gasteiger partial charge on any atom is -0.369 e. The van der Waals surface area contributed by atoms with Gasteiger partial charge in [-0.05, 0) is 37.6 Å². The predicted molar refractivity (Wildman–Crippen MR) is 87.6 cm³/mol. The Hall–Kier alpha value is -2.13. The van der Waals surface area contributed by atoms with Crippen molar-refractivity contribution < 1.29 is 9.18 Å². The molecule has 1 aromatic rings. The SMILES string of the molecule is CCNCCNC(=O)C1CCN(c2ccc(C#N)cc2F)CC1. The lowest BCUT2D eigenvalue weighted by Gasteiger charge is -2.33. The first kappa shape index (κ1) is 17.2. The van der Waals surface area contributed by atoms with Crippen molar-refractivity contribution in [2.45, 2.75) is 19.8 Å². The summed E-state index contributed by atoms with van der Waals surface area (Å²) in [5.41, 5.74) is 0.830. The van der Waals surface area contributed by atoms with Crippen LogP contribution in [0.3, 0.4) is 0 Å². The molecular weight excluding hydrogens is 295 g/mol. The maximum absolute atomic E-state index is 14.0. The summed E-state index contributed by atoms with van der Waals surface area (Å²) < 4.78 is 14.0. The molecule has 0 aliphatic carbocycles. The van der Waals surface area contributed by atoms with Crippen LogP contribution in [-0.4, -0.2) is 38.6 Å². The van der Waals surface area contributed by atoms with Crippen LogP contribution in [-0.2, 0) is 4.79 Å². The van der Waals surface area contributed by atoms with Crippen molar-refractivity contribution in [1.29, 1.82) is 5.26 Å². The van der Waals surface area contributed by atoms with Gasteiger partial charge in [-0.25, -0.2) is 4.39 Å². The minimum atomic E-state index is -0.377. The first-order chi connectivity index (χ1) is 11.2. The summed E-state index contributed by atoms with van der Waals surface area (Å²) in [7, 11) is 0. The number of amides is 1. The molecule has 23 heavy (non-hydrogen) atoms. The summed E-state index contributed by atoms with van der Waals surface area (Å²) in [5.74, 6) is -0.297. The lowest BCUT2D eigenvalue weighted by molar-refractivity contribution is -0.125. The first-order valence-electron chi connectivity index (χ1n) is 8.08. The Morgan fingerprint density at radius 2 is 2.13 bits per heavy atom. The standard InChI is InChI=1S/C17H23FN4O/c1-2-20-7-8-21-17(23)14-5-9-22(10-6-14)16-4-3-13(12-19)11-15(16)18/h3-4,11,14,20H,2,5-10H2,1H3,(H,21,23). The molecule has 5 nitrogen and oxygen atoms in total. The van der Waals surface area contributed by atoms with E-state index in [0.717, 1.165) is 13.1 Å². The molecule has 0 atom stereocenters. The van der Waals surface area contributed by atoms with Gasteiger partial charge in [0.15, 0.2) is 0 Å². The van der Waals surface area contributed by atoms with Gasteiger partial charge in [0.1, 0.15) is 5.82 Å². The summed E-state index contributed by atoms with van der Waals surface area (Å²) in [4.78, 5) is 14.0. The van der Waals surface area contributed by atoms with Crippen molar-refractivity contribution in [3.05, 3.63) is 29.6 Å². The third-order valence-corrected chi connectivity index (χ3v) is 4.13. The third kappa shape index (κ3) is 4.67. The van der Waals surface area contributed by atoms with Crippen LogP contribution in [0.1, 0.15) is 25.3 Å². The van der Waals surface area contributed by atoms with Gasteiger partial charge in [0.05, 0.1) is 17.3 Å². The van der Waals surface area contributed by atoms with E-state index in [-0.39, 0.29) is 17.6 Å². The number of nitrogens with zero attached hydrogens (tertiary/aromatic N) is 2. The predicted octanol–water partition coefficient (Wildman–Crippen LogP) is 1.64. The zero-order valence-electron chi connectivity index (χ0n) is 13.4. The first-order valence-corrected chi connectivity index (χ1v) is 8.08. The van der Waals surface area contributed by atoms with Crippen molar-refractivity contribution in [1.82, 2.24) is 10.6 Å². The molecule has 1 aliphatic heterocycles. The molecule has 1 amide bonds. The Morgan fingerprint density at radius 3 is 2.74 bits per heavy atom. The van der Waals surface area contributed by atoms with E-state index in [4.69, 9.17) is 5.26 Å². The topological polar surface area (TPSA) is 68.2 Å². The van der Waals surface area contributed by atoms with E-state index in [0.29, 0.717) is 43.7 Å². The van der Waals surface area contributed by atoms with E-state index in [2.05, 4.69) is 10.6 Å². The third-order valence-electron chi connectivity index (χ3n) is 4.13. The van der Waals surface area contributed by atoms with E-state index in [1.807, 2.05) is 17.9 Å². The second kappa shape index (κ2) is 8.49. The van der Waals surface area contributed by atoms with Gasteiger partial charge in [0.25, 0.3) is 0 Å². The number of carbonyl (C=O) groups is 1. The lowest BCUT2D eigenvalue weighted by atomic mass is 9.95. The van der Waals surface area contributed by atoms with Gasteiger partial charge in [-0.15, -0.1) is 0 Å². The van der Waals surface area contributed by atoms with Gasteiger partial charge < -0.3 is 15.5 Å². The Kier molecular flexibility index (Phi) is 6.36. The van der Waals surface area contributed by atoms with Gasteiger partial charge in [-0.1, -0.05) is 6.92 Å². The summed E-state index contributed by atoms with van der Waals surface area (Å²) in [6.07, 6.45) is 1.43. The number of piperidine rings is 1. The molecule has 2 rings (SSSR count). The summed E-state index contributed by atoms with van der Waals surface area (Å²) in [6, 6.07) is 6.46. The molecule has 6 heteroatoms. The van der Waals surface area contributed by atoms with E-state index >= 15 is 0 Å².